The largest absolute Gasteiger partial charge is 0.364 e. The van der Waals surface area contributed by atoms with Crippen molar-refractivity contribution in [1.29, 1.82) is 0 Å². The van der Waals surface area contributed by atoms with Gasteiger partial charge in [-0.2, -0.15) is 9.61 Å². The van der Waals surface area contributed by atoms with E-state index in [9.17, 15) is 4.79 Å². The van der Waals surface area contributed by atoms with Crippen LogP contribution in [-0.2, 0) is 0 Å². The second-order valence-electron chi connectivity index (χ2n) is 3.75. The van der Waals surface area contributed by atoms with Gasteiger partial charge in [0.15, 0.2) is 5.65 Å². The summed E-state index contributed by atoms with van der Waals surface area (Å²) in [6, 6.07) is 3.54. The Kier molecular flexibility index (Phi) is 2.56. The van der Waals surface area contributed by atoms with Gasteiger partial charge in [0.05, 0.1) is 6.04 Å². The fraction of sp³-hybridized carbons (Fsp3) is 0.200. The van der Waals surface area contributed by atoms with Crippen LogP contribution in [0.4, 0.5) is 5.82 Å². The number of nitrogens with zero attached hydrogens (tertiary/aromatic N) is 4. The summed E-state index contributed by atoms with van der Waals surface area (Å²) < 4.78 is 1.22. The van der Waals surface area contributed by atoms with E-state index in [4.69, 9.17) is 0 Å². The highest BCUT2D eigenvalue weighted by molar-refractivity contribution is 7.09. The van der Waals surface area contributed by atoms with Crippen LogP contribution in [0.5, 0.6) is 0 Å². The van der Waals surface area contributed by atoms with Gasteiger partial charge in [0.25, 0.3) is 0 Å². The number of thiazole rings is 1. The SMILES string of the molecule is CC(Nc1ccc2n[nH]c(=O)n2n1)c1nccs1. The third-order valence-corrected chi connectivity index (χ3v) is 3.42. The normalized spacial score (nSPS) is 12.7. The van der Waals surface area contributed by atoms with Gasteiger partial charge in [0.2, 0.25) is 0 Å². The highest BCUT2D eigenvalue weighted by atomic mass is 32.1. The Morgan fingerprint density at radius 3 is 3.17 bits per heavy atom. The Bertz CT molecular complexity index is 715. The molecule has 2 N–H and O–H groups in total. The topological polar surface area (TPSA) is 88.0 Å². The molecule has 0 aliphatic heterocycles. The minimum atomic E-state index is -0.351. The van der Waals surface area contributed by atoms with E-state index >= 15 is 0 Å². The molecule has 3 aromatic rings. The molecule has 1 unspecified atom stereocenters. The van der Waals surface area contributed by atoms with Gasteiger partial charge < -0.3 is 5.32 Å². The predicted octanol–water partition coefficient (Wildman–Crippen LogP) is 1.05. The van der Waals surface area contributed by atoms with E-state index in [0.717, 1.165) is 5.01 Å². The lowest BCUT2D eigenvalue weighted by atomic mass is 10.3. The van der Waals surface area contributed by atoms with Crippen molar-refractivity contribution < 1.29 is 0 Å². The molecule has 8 heteroatoms. The Labute approximate surface area is 106 Å². The fourth-order valence-corrected chi connectivity index (χ4v) is 2.26. The summed E-state index contributed by atoms with van der Waals surface area (Å²) in [5, 5.41) is 16.4. The molecular formula is C10H10N6OS. The molecule has 0 saturated heterocycles. The van der Waals surface area contributed by atoms with E-state index in [1.807, 2.05) is 12.3 Å². The molecule has 3 aromatic heterocycles. The summed E-state index contributed by atoms with van der Waals surface area (Å²) >= 11 is 1.57. The van der Waals surface area contributed by atoms with Crippen LogP contribution in [0.3, 0.4) is 0 Å². The zero-order chi connectivity index (χ0) is 12.5. The van der Waals surface area contributed by atoms with Crippen LogP contribution in [0.25, 0.3) is 5.65 Å². The Hall–Kier alpha value is -2.22. The lowest BCUT2D eigenvalue weighted by Gasteiger charge is -2.11. The number of aromatic amines is 1. The van der Waals surface area contributed by atoms with Crippen molar-refractivity contribution in [3.05, 3.63) is 39.2 Å². The molecule has 1 atom stereocenters. The number of anilines is 1. The molecule has 0 saturated carbocycles. The molecule has 0 spiro atoms. The first-order chi connectivity index (χ1) is 8.74. The minimum Gasteiger partial charge on any atom is -0.360 e. The molecule has 92 valence electrons. The maximum Gasteiger partial charge on any atom is 0.364 e. The summed E-state index contributed by atoms with van der Waals surface area (Å²) in [6.07, 6.45) is 1.76. The van der Waals surface area contributed by atoms with Gasteiger partial charge >= 0.3 is 5.69 Å². The van der Waals surface area contributed by atoms with Crippen molar-refractivity contribution in [3.63, 3.8) is 0 Å². The first-order valence-corrected chi connectivity index (χ1v) is 6.22. The van der Waals surface area contributed by atoms with Crippen LogP contribution in [0.15, 0.2) is 28.5 Å². The third kappa shape index (κ3) is 1.86. The van der Waals surface area contributed by atoms with Gasteiger partial charge in [0.1, 0.15) is 10.8 Å². The van der Waals surface area contributed by atoms with Crippen LogP contribution in [0.2, 0.25) is 0 Å². The quantitative estimate of drug-likeness (QED) is 0.736. The second kappa shape index (κ2) is 4.22. The lowest BCUT2D eigenvalue weighted by Crippen LogP contribution is -2.15. The first kappa shape index (κ1) is 10.9. The molecule has 18 heavy (non-hydrogen) atoms. The van der Waals surface area contributed by atoms with Gasteiger partial charge in [0, 0.05) is 11.6 Å². The summed E-state index contributed by atoms with van der Waals surface area (Å²) in [7, 11) is 0. The van der Waals surface area contributed by atoms with Crippen LogP contribution < -0.4 is 11.0 Å². The van der Waals surface area contributed by atoms with E-state index in [-0.39, 0.29) is 11.7 Å². The average Bonchev–Trinajstić information content (AvgIpc) is 3.00. The minimum absolute atomic E-state index is 0.0394. The third-order valence-electron chi connectivity index (χ3n) is 2.46. The number of rotatable bonds is 3. The summed E-state index contributed by atoms with van der Waals surface area (Å²) in [5.41, 5.74) is 0.142. The van der Waals surface area contributed by atoms with Crippen molar-refractivity contribution >= 4 is 22.8 Å². The molecule has 3 heterocycles. The van der Waals surface area contributed by atoms with Crippen LogP contribution in [-0.4, -0.2) is 24.8 Å². The van der Waals surface area contributed by atoms with Gasteiger partial charge in [-0.3, -0.25) is 0 Å². The smallest absolute Gasteiger partial charge is 0.360 e. The van der Waals surface area contributed by atoms with Gasteiger partial charge in [-0.05, 0) is 19.1 Å². The number of fused-ring (bicyclic) bond motifs is 1. The maximum atomic E-state index is 11.4. The molecule has 0 aliphatic carbocycles. The molecule has 0 aliphatic rings. The molecule has 7 nitrogen and oxygen atoms in total. The van der Waals surface area contributed by atoms with Crippen molar-refractivity contribution in [3.8, 4) is 0 Å². The zero-order valence-corrected chi connectivity index (χ0v) is 10.3. The summed E-state index contributed by atoms with van der Waals surface area (Å²) in [5.74, 6) is 0.605. The number of hydrogen-bond acceptors (Lipinski definition) is 6. The molecule has 0 radical (unpaired) electrons. The predicted molar refractivity (Wildman–Crippen MR) is 67.8 cm³/mol. The average molecular weight is 262 g/mol. The summed E-state index contributed by atoms with van der Waals surface area (Å²) in [6.45, 7) is 1.99. The number of aromatic nitrogens is 5. The van der Waals surface area contributed by atoms with E-state index in [1.54, 1.807) is 29.7 Å². The Morgan fingerprint density at radius 1 is 1.50 bits per heavy atom. The van der Waals surface area contributed by atoms with Crippen LogP contribution >= 0.6 is 11.3 Å². The number of nitrogens with one attached hydrogen (secondary N) is 2. The first-order valence-electron chi connectivity index (χ1n) is 5.34. The van der Waals surface area contributed by atoms with E-state index < -0.39 is 0 Å². The van der Waals surface area contributed by atoms with E-state index in [2.05, 4.69) is 25.6 Å². The summed E-state index contributed by atoms with van der Waals surface area (Å²) in [4.78, 5) is 15.6. The molecule has 0 bridgehead atoms. The van der Waals surface area contributed by atoms with Crippen LogP contribution in [0, 0.1) is 0 Å². The number of H-pyrrole nitrogens is 1. The van der Waals surface area contributed by atoms with E-state index in [1.165, 1.54) is 4.52 Å². The second-order valence-corrected chi connectivity index (χ2v) is 4.68. The Balaban J connectivity index is 1.90. The molecule has 0 amide bonds. The van der Waals surface area contributed by atoms with Crippen molar-refractivity contribution in [2.24, 2.45) is 0 Å². The molecule has 0 aromatic carbocycles. The molecule has 0 fully saturated rings. The maximum absolute atomic E-state index is 11.4. The van der Waals surface area contributed by atoms with Gasteiger partial charge in [-0.1, -0.05) is 0 Å². The fourth-order valence-electron chi connectivity index (χ4n) is 1.61. The highest BCUT2D eigenvalue weighted by Gasteiger charge is 2.09. The molecular weight excluding hydrogens is 252 g/mol. The van der Waals surface area contributed by atoms with Gasteiger partial charge in [-0.25, -0.2) is 14.9 Å². The lowest BCUT2D eigenvalue weighted by molar-refractivity contribution is 0.824. The van der Waals surface area contributed by atoms with E-state index in [0.29, 0.717) is 11.5 Å². The van der Waals surface area contributed by atoms with Gasteiger partial charge in [-0.15, -0.1) is 16.4 Å². The van der Waals surface area contributed by atoms with Crippen molar-refractivity contribution in [2.75, 3.05) is 5.32 Å². The van der Waals surface area contributed by atoms with Crippen molar-refractivity contribution in [2.45, 2.75) is 13.0 Å². The zero-order valence-electron chi connectivity index (χ0n) is 9.49. The number of hydrogen-bond donors (Lipinski definition) is 2. The highest BCUT2D eigenvalue weighted by Crippen LogP contribution is 2.19. The van der Waals surface area contributed by atoms with Crippen molar-refractivity contribution in [1.82, 2.24) is 24.8 Å². The van der Waals surface area contributed by atoms with Crippen LogP contribution in [0.1, 0.15) is 18.0 Å². The Morgan fingerprint density at radius 2 is 2.39 bits per heavy atom. The standard InChI is InChI=1S/C10H10N6OS/c1-6(9-11-4-5-18-9)12-7-2-3-8-13-14-10(17)16(8)15-7/h2-6H,1H3,(H,12,15)(H,14,17). The molecule has 3 rings (SSSR count). The monoisotopic (exact) mass is 262 g/mol.